The second-order valence-corrected chi connectivity index (χ2v) is 12.1. The minimum absolute atomic E-state index is 0.412. The lowest BCUT2D eigenvalue weighted by atomic mass is 10.0. The van der Waals surface area contributed by atoms with Gasteiger partial charge in [0.2, 0.25) is 0 Å². The van der Waals surface area contributed by atoms with Crippen LogP contribution in [0.5, 0.6) is 17.2 Å². The lowest BCUT2D eigenvalue weighted by Gasteiger charge is -2.08. The van der Waals surface area contributed by atoms with Gasteiger partial charge in [-0.05, 0) is 85.6 Å². The van der Waals surface area contributed by atoms with Gasteiger partial charge in [0, 0.05) is 0 Å². The summed E-state index contributed by atoms with van der Waals surface area (Å²) in [5, 5.41) is 8.57. The summed E-state index contributed by atoms with van der Waals surface area (Å²) < 4.78 is 17.2. The Morgan fingerprint density at radius 1 is 0.457 bits per heavy atom. The Bertz CT molecular complexity index is 1220. The maximum absolute atomic E-state index is 12.6. The van der Waals surface area contributed by atoms with Gasteiger partial charge in [-0.1, -0.05) is 110 Å². The molecular formula is C40H56N2O4. The summed E-state index contributed by atoms with van der Waals surface area (Å²) >= 11 is 0. The predicted octanol–water partition coefficient (Wildman–Crippen LogP) is 12.8. The summed E-state index contributed by atoms with van der Waals surface area (Å²) in [7, 11) is 0. The minimum Gasteiger partial charge on any atom is -0.494 e. The van der Waals surface area contributed by atoms with Crippen LogP contribution in [0.4, 0.5) is 11.4 Å². The molecule has 0 saturated carbocycles. The van der Waals surface area contributed by atoms with E-state index in [0.29, 0.717) is 23.6 Å². The number of hydrogen-bond acceptors (Lipinski definition) is 6. The lowest BCUT2D eigenvalue weighted by Crippen LogP contribution is -2.08. The number of unbranched alkanes of at least 4 members (excludes halogenated alkanes) is 15. The molecule has 0 saturated heterocycles. The van der Waals surface area contributed by atoms with E-state index >= 15 is 0 Å². The first-order valence-corrected chi connectivity index (χ1v) is 17.9. The number of carbonyl (C=O) groups excluding carboxylic acids is 1. The van der Waals surface area contributed by atoms with E-state index < -0.39 is 5.97 Å². The average Bonchev–Trinajstić information content (AvgIpc) is 3.09. The Morgan fingerprint density at radius 2 is 0.804 bits per heavy atom. The highest BCUT2D eigenvalue weighted by atomic mass is 16.5. The van der Waals surface area contributed by atoms with Crippen molar-refractivity contribution in [3.8, 4) is 17.2 Å². The largest absolute Gasteiger partial charge is 0.494 e. The van der Waals surface area contributed by atoms with Crippen molar-refractivity contribution in [1.82, 2.24) is 0 Å². The molecule has 0 aliphatic carbocycles. The molecule has 0 heterocycles. The zero-order valence-electron chi connectivity index (χ0n) is 28.4. The molecule has 0 aromatic heterocycles. The molecule has 0 atom stereocenters. The maximum atomic E-state index is 12.6. The quantitative estimate of drug-likeness (QED) is 0.0405. The normalized spacial score (nSPS) is 11.2. The fourth-order valence-corrected chi connectivity index (χ4v) is 5.19. The van der Waals surface area contributed by atoms with Gasteiger partial charge in [-0.3, -0.25) is 0 Å². The first kappa shape index (κ1) is 36.8. The molecule has 6 heteroatoms. The van der Waals surface area contributed by atoms with E-state index in [1.807, 2.05) is 36.4 Å². The Morgan fingerprint density at radius 3 is 1.26 bits per heavy atom. The number of carbonyl (C=O) groups is 1. The number of hydrogen-bond donors (Lipinski definition) is 0. The standard InChI is InChI=1S/C40H56N2O4/c1-3-5-7-8-9-10-11-12-13-14-15-16-17-19-33-45-37-26-20-34(21-27-37)40(43)46-39-30-24-36(25-31-39)42-41-35-22-28-38(29-23-35)44-32-18-6-4-2/h20-31H,3-19,32-33H2,1-2H3. The fourth-order valence-electron chi connectivity index (χ4n) is 5.19. The van der Waals surface area contributed by atoms with Crippen molar-refractivity contribution in [2.24, 2.45) is 10.2 Å². The van der Waals surface area contributed by atoms with E-state index in [4.69, 9.17) is 14.2 Å². The molecule has 3 rings (SSSR count). The van der Waals surface area contributed by atoms with Crippen LogP contribution >= 0.6 is 0 Å². The van der Waals surface area contributed by atoms with Crippen molar-refractivity contribution in [3.05, 3.63) is 78.4 Å². The van der Waals surface area contributed by atoms with Crippen LogP contribution in [0.2, 0.25) is 0 Å². The fraction of sp³-hybridized carbons (Fsp3) is 0.525. The third kappa shape index (κ3) is 16.1. The molecule has 0 unspecified atom stereocenters. The SMILES string of the molecule is CCCCCCCCCCCCCCCCOc1ccc(C(=O)Oc2ccc(N=Nc3ccc(OCCCCC)cc3)cc2)cc1. The van der Waals surface area contributed by atoms with E-state index in [0.717, 1.165) is 36.6 Å². The van der Waals surface area contributed by atoms with E-state index in [-0.39, 0.29) is 0 Å². The van der Waals surface area contributed by atoms with Crippen molar-refractivity contribution in [3.63, 3.8) is 0 Å². The predicted molar refractivity (Wildman–Crippen MR) is 189 cm³/mol. The molecule has 0 aliphatic rings. The first-order chi connectivity index (χ1) is 22.7. The van der Waals surface area contributed by atoms with Crippen LogP contribution < -0.4 is 14.2 Å². The summed E-state index contributed by atoms with van der Waals surface area (Å²) in [5.41, 5.74) is 1.88. The van der Waals surface area contributed by atoms with E-state index in [9.17, 15) is 4.79 Å². The molecule has 46 heavy (non-hydrogen) atoms. The van der Waals surface area contributed by atoms with Gasteiger partial charge >= 0.3 is 5.97 Å². The Kier molecular flexibility index (Phi) is 18.9. The zero-order chi connectivity index (χ0) is 32.5. The lowest BCUT2D eigenvalue weighted by molar-refractivity contribution is 0.0734. The minimum atomic E-state index is -0.412. The smallest absolute Gasteiger partial charge is 0.343 e. The van der Waals surface area contributed by atoms with Crippen LogP contribution in [-0.4, -0.2) is 19.2 Å². The van der Waals surface area contributed by atoms with Crippen molar-refractivity contribution in [2.75, 3.05) is 13.2 Å². The Labute approximate surface area is 278 Å². The van der Waals surface area contributed by atoms with Gasteiger partial charge in [0.1, 0.15) is 17.2 Å². The molecule has 3 aromatic carbocycles. The maximum Gasteiger partial charge on any atom is 0.343 e. The summed E-state index contributed by atoms with van der Waals surface area (Å²) in [6.45, 7) is 5.88. The first-order valence-electron chi connectivity index (χ1n) is 17.9. The van der Waals surface area contributed by atoms with Crippen LogP contribution in [0.1, 0.15) is 133 Å². The summed E-state index contributed by atoms with van der Waals surface area (Å²) in [4.78, 5) is 12.6. The molecule has 0 N–H and O–H groups in total. The Hall–Kier alpha value is -3.67. The van der Waals surface area contributed by atoms with E-state index in [2.05, 4.69) is 24.1 Å². The molecule has 0 spiro atoms. The molecule has 0 fully saturated rings. The van der Waals surface area contributed by atoms with Gasteiger partial charge in [-0.25, -0.2) is 4.79 Å². The number of esters is 1. The summed E-state index contributed by atoms with van der Waals surface area (Å²) in [6.07, 6.45) is 22.2. The molecule has 0 bridgehead atoms. The highest BCUT2D eigenvalue weighted by Crippen LogP contribution is 2.24. The van der Waals surface area contributed by atoms with Gasteiger partial charge in [0.25, 0.3) is 0 Å². The van der Waals surface area contributed by atoms with E-state index in [1.165, 1.54) is 96.3 Å². The van der Waals surface area contributed by atoms with Crippen LogP contribution in [0.15, 0.2) is 83.0 Å². The number of ether oxygens (including phenoxy) is 3. The average molecular weight is 629 g/mol. The van der Waals surface area contributed by atoms with Gasteiger partial charge in [0.15, 0.2) is 0 Å². The van der Waals surface area contributed by atoms with Crippen LogP contribution in [-0.2, 0) is 0 Å². The molecule has 3 aromatic rings. The summed E-state index contributed by atoms with van der Waals surface area (Å²) in [6, 6.07) is 21.7. The second-order valence-electron chi connectivity index (χ2n) is 12.1. The van der Waals surface area contributed by atoms with Crippen LogP contribution in [0.3, 0.4) is 0 Å². The van der Waals surface area contributed by atoms with Crippen LogP contribution in [0.25, 0.3) is 0 Å². The molecule has 250 valence electrons. The third-order valence-corrected chi connectivity index (χ3v) is 8.04. The Balaban J connectivity index is 1.25. The monoisotopic (exact) mass is 628 g/mol. The van der Waals surface area contributed by atoms with Crippen molar-refractivity contribution in [2.45, 2.75) is 123 Å². The molecule has 6 nitrogen and oxygen atoms in total. The third-order valence-electron chi connectivity index (χ3n) is 8.04. The van der Waals surface area contributed by atoms with E-state index in [1.54, 1.807) is 36.4 Å². The van der Waals surface area contributed by atoms with Crippen molar-refractivity contribution < 1.29 is 19.0 Å². The van der Waals surface area contributed by atoms with Crippen molar-refractivity contribution >= 4 is 17.3 Å². The van der Waals surface area contributed by atoms with Crippen molar-refractivity contribution in [1.29, 1.82) is 0 Å². The number of azo groups is 1. The molecule has 0 amide bonds. The molecule has 0 aliphatic heterocycles. The highest BCUT2D eigenvalue weighted by Gasteiger charge is 2.09. The molecule has 0 radical (unpaired) electrons. The second kappa shape index (κ2) is 23.6. The zero-order valence-corrected chi connectivity index (χ0v) is 28.4. The highest BCUT2D eigenvalue weighted by molar-refractivity contribution is 5.91. The van der Waals surface area contributed by atoms with Gasteiger partial charge < -0.3 is 14.2 Å². The number of benzene rings is 3. The topological polar surface area (TPSA) is 69.5 Å². The van der Waals surface area contributed by atoms with Gasteiger partial charge in [-0.15, -0.1) is 0 Å². The van der Waals surface area contributed by atoms with Crippen LogP contribution in [0, 0.1) is 0 Å². The van der Waals surface area contributed by atoms with Gasteiger partial charge in [-0.2, -0.15) is 10.2 Å². The number of rotatable bonds is 25. The molecular weight excluding hydrogens is 572 g/mol. The summed E-state index contributed by atoms with van der Waals surface area (Å²) in [5.74, 6) is 1.65. The van der Waals surface area contributed by atoms with Gasteiger partial charge in [0.05, 0.1) is 30.2 Å². The number of nitrogens with zero attached hydrogens (tertiary/aromatic N) is 2.